The minimum absolute atomic E-state index is 0.0670. The third-order valence-electron chi connectivity index (χ3n) is 3.69. The van der Waals surface area contributed by atoms with E-state index in [0.717, 1.165) is 10.0 Å². The molecule has 2 aromatic rings. The molecule has 1 fully saturated rings. The molecule has 25 heavy (non-hydrogen) atoms. The molecule has 1 saturated heterocycles. The van der Waals surface area contributed by atoms with Crippen molar-refractivity contribution in [3.63, 3.8) is 0 Å². The van der Waals surface area contributed by atoms with Gasteiger partial charge < -0.3 is 5.32 Å². The van der Waals surface area contributed by atoms with Gasteiger partial charge in [-0.2, -0.15) is 0 Å². The van der Waals surface area contributed by atoms with E-state index < -0.39 is 17.7 Å². The first kappa shape index (κ1) is 17.4. The fraction of sp³-hybridized carbons (Fsp3) is 0.111. The molecule has 5 nitrogen and oxygen atoms in total. The monoisotopic (exact) mass is 415 g/mol. The molecule has 0 unspecified atom stereocenters. The zero-order chi connectivity index (χ0) is 18.0. The Labute approximate surface area is 158 Å². The van der Waals surface area contributed by atoms with Crippen LogP contribution in [0.3, 0.4) is 0 Å². The maximum atomic E-state index is 12.8. The van der Waals surface area contributed by atoms with E-state index >= 15 is 0 Å². The van der Waals surface area contributed by atoms with Gasteiger partial charge in [-0.25, -0.2) is 0 Å². The highest BCUT2D eigenvalue weighted by atomic mass is 79.9. The van der Waals surface area contributed by atoms with Crippen LogP contribution in [0, 0.1) is 12.8 Å². The summed E-state index contributed by atoms with van der Waals surface area (Å²) in [4.78, 5) is 30.5. The Kier molecular flexibility index (Phi) is 5.06. The highest BCUT2D eigenvalue weighted by Gasteiger charge is 2.38. The topological polar surface area (TPSA) is 61.8 Å². The van der Waals surface area contributed by atoms with E-state index in [1.807, 2.05) is 31.2 Å². The van der Waals surface area contributed by atoms with Crippen molar-refractivity contribution in [3.05, 3.63) is 58.6 Å². The zero-order valence-electron chi connectivity index (χ0n) is 13.3. The molecular formula is C18H14BrN3O2S. The molecule has 7 heteroatoms. The predicted molar refractivity (Wildman–Crippen MR) is 105 cm³/mol. The number of hydrogen-bond donors (Lipinski definition) is 1. The van der Waals surface area contributed by atoms with E-state index in [4.69, 9.17) is 12.2 Å². The molecule has 1 aliphatic rings. The van der Waals surface area contributed by atoms with E-state index in [-0.39, 0.29) is 5.11 Å². The summed E-state index contributed by atoms with van der Waals surface area (Å²) in [5.41, 5.74) is 2.37. The third-order valence-corrected chi connectivity index (χ3v) is 4.51. The van der Waals surface area contributed by atoms with Gasteiger partial charge in [0.25, 0.3) is 5.91 Å². The summed E-state index contributed by atoms with van der Waals surface area (Å²) in [6, 6.07) is 14.6. The molecule has 0 aliphatic carbocycles. The molecule has 2 aromatic carbocycles. The molecule has 2 amide bonds. The molecule has 1 N–H and O–H groups in total. The van der Waals surface area contributed by atoms with E-state index in [9.17, 15) is 9.59 Å². The summed E-state index contributed by atoms with van der Waals surface area (Å²) in [7, 11) is 0. The van der Waals surface area contributed by atoms with Gasteiger partial charge in [-0.05, 0) is 55.5 Å². The molecule has 0 bridgehead atoms. The Morgan fingerprint density at radius 3 is 2.40 bits per heavy atom. The number of thiocarbonyl (C=S) groups is 1. The molecule has 0 saturated carbocycles. The van der Waals surface area contributed by atoms with Crippen molar-refractivity contribution in [3.8, 4) is 0 Å². The lowest BCUT2D eigenvalue weighted by Crippen LogP contribution is -2.58. The average Bonchev–Trinajstić information content (AvgIpc) is 2.57. The first-order chi connectivity index (χ1) is 12.0. The number of aliphatic imine (C=N–C) groups is 1. The predicted octanol–water partition coefficient (Wildman–Crippen LogP) is 3.52. The van der Waals surface area contributed by atoms with Gasteiger partial charge in [0, 0.05) is 10.7 Å². The van der Waals surface area contributed by atoms with Crippen molar-refractivity contribution in [2.45, 2.75) is 6.92 Å². The molecule has 126 valence electrons. The SMILES string of the molecule is Cc1ccc(N=C[C@@H]2C(=O)NC(=S)N(c3ccc(Br)cc3)C2=O)cc1. The van der Waals surface area contributed by atoms with Gasteiger partial charge in [0.05, 0.1) is 11.4 Å². The van der Waals surface area contributed by atoms with Crippen LogP contribution in [0.5, 0.6) is 0 Å². The Bertz CT molecular complexity index is 863. The van der Waals surface area contributed by atoms with Gasteiger partial charge in [-0.3, -0.25) is 19.5 Å². The minimum Gasteiger partial charge on any atom is -0.301 e. The maximum absolute atomic E-state index is 12.8. The number of nitrogens with zero attached hydrogens (tertiary/aromatic N) is 2. The zero-order valence-corrected chi connectivity index (χ0v) is 15.7. The van der Waals surface area contributed by atoms with Gasteiger partial charge in [0.15, 0.2) is 11.0 Å². The number of halogens is 1. The second-order valence-electron chi connectivity index (χ2n) is 5.54. The lowest BCUT2D eigenvalue weighted by atomic mass is 10.1. The lowest BCUT2D eigenvalue weighted by Gasteiger charge is -2.30. The fourth-order valence-corrected chi connectivity index (χ4v) is 2.91. The number of rotatable bonds is 3. The molecule has 3 rings (SSSR count). The van der Waals surface area contributed by atoms with E-state index in [2.05, 4.69) is 26.2 Å². The molecule has 0 radical (unpaired) electrons. The fourth-order valence-electron chi connectivity index (χ4n) is 2.35. The second-order valence-corrected chi connectivity index (χ2v) is 6.84. The van der Waals surface area contributed by atoms with Crippen LogP contribution in [0.1, 0.15) is 5.56 Å². The third kappa shape index (κ3) is 3.83. The standard InChI is InChI=1S/C18H14BrN3O2S/c1-11-2-6-13(7-3-11)20-10-15-16(23)21-18(25)22(17(15)24)14-8-4-12(19)5-9-14/h2-10,15H,1H3,(H,21,23,25)/t15-/m1/s1. The molecular weight excluding hydrogens is 402 g/mol. The smallest absolute Gasteiger partial charge is 0.251 e. The van der Waals surface area contributed by atoms with E-state index in [0.29, 0.717) is 11.4 Å². The highest BCUT2D eigenvalue weighted by Crippen LogP contribution is 2.23. The van der Waals surface area contributed by atoms with Crippen LogP contribution in [-0.4, -0.2) is 23.1 Å². The van der Waals surface area contributed by atoms with Crippen molar-refractivity contribution < 1.29 is 9.59 Å². The van der Waals surface area contributed by atoms with Crippen LogP contribution in [-0.2, 0) is 9.59 Å². The largest absolute Gasteiger partial charge is 0.301 e. The summed E-state index contributed by atoms with van der Waals surface area (Å²) in [5, 5.41) is 2.63. The maximum Gasteiger partial charge on any atom is 0.251 e. The molecule has 0 aromatic heterocycles. The minimum atomic E-state index is -1.03. The quantitative estimate of drug-likeness (QED) is 0.473. The summed E-state index contributed by atoms with van der Waals surface area (Å²) in [5.74, 6) is -1.93. The van der Waals surface area contributed by atoms with Crippen LogP contribution in [0.25, 0.3) is 0 Å². The van der Waals surface area contributed by atoms with E-state index in [1.54, 1.807) is 24.3 Å². The van der Waals surface area contributed by atoms with Gasteiger partial charge in [0.2, 0.25) is 5.91 Å². The summed E-state index contributed by atoms with van der Waals surface area (Å²) < 4.78 is 0.883. The Hall–Kier alpha value is -2.38. The molecule has 1 heterocycles. The Balaban J connectivity index is 1.87. The van der Waals surface area contributed by atoms with Gasteiger partial charge in [0.1, 0.15) is 0 Å². The van der Waals surface area contributed by atoms with Crippen LogP contribution < -0.4 is 10.2 Å². The summed E-state index contributed by atoms with van der Waals surface area (Å²) in [6.07, 6.45) is 1.36. The number of anilines is 1. The van der Waals surface area contributed by atoms with Crippen LogP contribution in [0.15, 0.2) is 58.0 Å². The number of hydrogen-bond acceptors (Lipinski definition) is 4. The number of aryl methyl sites for hydroxylation is 1. The van der Waals surface area contributed by atoms with Crippen LogP contribution in [0.4, 0.5) is 11.4 Å². The van der Waals surface area contributed by atoms with Gasteiger partial charge in [-0.15, -0.1) is 0 Å². The van der Waals surface area contributed by atoms with Crippen molar-refractivity contribution >= 4 is 62.7 Å². The van der Waals surface area contributed by atoms with Crippen molar-refractivity contribution in [1.29, 1.82) is 0 Å². The highest BCUT2D eigenvalue weighted by molar-refractivity contribution is 9.10. The number of nitrogens with one attached hydrogen (secondary N) is 1. The second kappa shape index (κ2) is 7.25. The molecule has 0 spiro atoms. The number of carbonyl (C=O) groups excluding carboxylic acids is 2. The van der Waals surface area contributed by atoms with Crippen LogP contribution >= 0.6 is 28.1 Å². The first-order valence-corrected chi connectivity index (χ1v) is 8.71. The van der Waals surface area contributed by atoms with Gasteiger partial charge >= 0.3 is 0 Å². The lowest BCUT2D eigenvalue weighted by molar-refractivity contribution is -0.130. The number of carbonyl (C=O) groups is 2. The van der Waals surface area contributed by atoms with Gasteiger partial charge in [-0.1, -0.05) is 33.6 Å². The number of amides is 2. The summed E-state index contributed by atoms with van der Waals surface area (Å²) in [6.45, 7) is 1.97. The Morgan fingerprint density at radius 2 is 1.76 bits per heavy atom. The first-order valence-electron chi connectivity index (χ1n) is 7.51. The van der Waals surface area contributed by atoms with Crippen molar-refractivity contribution in [2.75, 3.05) is 4.90 Å². The molecule has 1 aliphatic heterocycles. The van der Waals surface area contributed by atoms with Crippen LogP contribution in [0.2, 0.25) is 0 Å². The Morgan fingerprint density at radius 1 is 1.12 bits per heavy atom. The normalized spacial score (nSPS) is 17.9. The number of benzene rings is 2. The van der Waals surface area contributed by atoms with E-state index in [1.165, 1.54) is 11.1 Å². The molecule has 1 atom stereocenters. The average molecular weight is 416 g/mol. The summed E-state index contributed by atoms with van der Waals surface area (Å²) >= 11 is 8.51. The van der Waals surface area contributed by atoms with Crippen molar-refractivity contribution in [1.82, 2.24) is 5.32 Å². The van der Waals surface area contributed by atoms with Crippen molar-refractivity contribution in [2.24, 2.45) is 10.9 Å².